The van der Waals surface area contributed by atoms with Crippen LogP contribution in [0, 0.1) is 0 Å². The molecule has 0 bridgehead atoms. The van der Waals surface area contributed by atoms with E-state index in [0.717, 1.165) is 12.1 Å². The first-order chi connectivity index (χ1) is 5.15. The second-order valence-electron chi connectivity index (χ2n) is 2.15. The summed E-state index contributed by atoms with van der Waals surface area (Å²) in [5, 5.41) is 26.8. The minimum atomic E-state index is -0.375. The van der Waals surface area contributed by atoms with Gasteiger partial charge in [0.1, 0.15) is 5.75 Å². The summed E-state index contributed by atoms with van der Waals surface area (Å²) in [6, 6.07) is 2.18. The molecule has 0 aliphatic heterocycles. The first kappa shape index (κ1) is 7.68. The van der Waals surface area contributed by atoms with Crippen LogP contribution < -0.4 is 5.73 Å². The van der Waals surface area contributed by atoms with Gasteiger partial charge in [0.15, 0.2) is 11.5 Å². The number of hydrogen-bond acceptors (Lipinski definition) is 3. The third kappa shape index (κ3) is 1.35. The second kappa shape index (κ2) is 2.67. The highest BCUT2D eigenvalue weighted by Crippen LogP contribution is 2.31. The van der Waals surface area contributed by atoms with E-state index in [0.29, 0.717) is 5.56 Å². The number of phenols is 3. The summed E-state index contributed by atoms with van der Waals surface area (Å²) in [6.45, 7) is -0.125. The molecule has 4 N–H and O–H groups in total. The number of hydrogen-bond donors (Lipinski definition) is 3. The van der Waals surface area contributed by atoms with Gasteiger partial charge >= 0.3 is 0 Å². The van der Waals surface area contributed by atoms with Crippen LogP contribution in [0.1, 0.15) is 5.56 Å². The largest absolute Gasteiger partial charge is 0.507 e. The number of phenolic OH excluding ortho intramolecular Hbond substituents is 3. The van der Waals surface area contributed by atoms with E-state index < -0.39 is 0 Å². The molecule has 0 aromatic heterocycles. The fraction of sp³-hybridized carbons (Fsp3) is 0.143. The van der Waals surface area contributed by atoms with Crippen molar-refractivity contribution in [1.29, 1.82) is 0 Å². The van der Waals surface area contributed by atoms with Crippen molar-refractivity contribution in [3.05, 3.63) is 17.7 Å². The number of aromatic hydroxyl groups is 3. The van der Waals surface area contributed by atoms with Crippen molar-refractivity contribution in [2.75, 3.05) is 0 Å². The van der Waals surface area contributed by atoms with Crippen molar-refractivity contribution in [3.63, 3.8) is 0 Å². The van der Waals surface area contributed by atoms with E-state index in [1.807, 2.05) is 0 Å². The SMILES string of the molecule is [NH]Cc1cc(O)c(O)cc1O. The summed E-state index contributed by atoms with van der Waals surface area (Å²) in [6.07, 6.45) is 0. The Morgan fingerprint density at radius 3 is 2.09 bits per heavy atom. The maximum absolute atomic E-state index is 9.02. The molecule has 0 saturated carbocycles. The van der Waals surface area contributed by atoms with Gasteiger partial charge in [-0.25, -0.2) is 0 Å². The highest BCUT2D eigenvalue weighted by atomic mass is 16.3. The Labute approximate surface area is 63.5 Å². The molecule has 0 aliphatic carbocycles. The maximum Gasteiger partial charge on any atom is 0.161 e. The van der Waals surface area contributed by atoms with Crippen molar-refractivity contribution < 1.29 is 15.3 Å². The molecular formula is C7H8NO3. The second-order valence-corrected chi connectivity index (χ2v) is 2.15. The smallest absolute Gasteiger partial charge is 0.161 e. The molecule has 11 heavy (non-hydrogen) atoms. The summed E-state index contributed by atoms with van der Waals surface area (Å²) in [5.41, 5.74) is 7.19. The van der Waals surface area contributed by atoms with Crippen LogP contribution in [-0.2, 0) is 6.54 Å². The van der Waals surface area contributed by atoms with Gasteiger partial charge in [0.2, 0.25) is 0 Å². The van der Waals surface area contributed by atoms with E-state index in [1.54, 1.807) is 0 Å². The average Bonchev–Trinajstić information content (AvgIpc) is 1.97. The first-order valence-corrected chi connectivity index (χ1v) is 3.03. The average molecular weight is 154 g/mol. The van der Waals surface area contributed by atoms with E-state index in [-0.39, 0.29) is 23.8 Å². The molecule has 0 saturated heterocycles. The van der Waals surface area contributed by atoms with Gasteiger partial charge < -0.3 is 15.3 Å². The molecule has 0 amide bonds. The zero-order valence-electron chi connectivity index (χ0n) is 5.70. The van der Waals surface area contributed by atoms with Gasteiger partial charge in [-0.2, -0.15) is 0 Å². The van der Waals surface area contributed by atoms with Crippen LogP contribution in [0.4, 0.5) is 0 Å². The van der Waals surface area contributed by atoms with E-state index in [4.69, 9.17) is 21.1 Å². The molecule has 4 heteroatoms. The van der Waals surface area contributed by atoms with Crippen LogP contribution in [0.15, 0.2) is 12.1 Å². The molecule has 1 radical (unpaired) electrons. The first-order valence-electron chi connectivity index (χ1n) is 3.03. The minimum Gasteiger partial charge on any atom is -0.507 e. The van der Waals surface area contributed by atoms with Gasteiger partial charge in [-0.1, -0.05) is 0 Å². The number of rotatable bonds is 1. The molecule has 0 unspecified atom stereocenters. The van der Waals surface area contributed by atoms with Crippen LogP contribution in [0.2, 0.25) is 0 Å². The summed E-state index contributed by atoms with van der Waals surface area (Å²) >= 11 is 0. The molecule has 59 valence electrons. The summed E-state index contributed by atoms with van der Waals surface area (Å²) in [7, 11) is 0. The molecule has 1 rings (SSSR count). The molecular weight excluding hydrogens is 146 g/mol. The van der Waals surface area contributed by atoms with Crippen LogP contribution in [0.5, 0.6) is 17.2 Å². The highest BCUT2D eigenvalue weighted by molar-refractivity contribution is 5.48. The minimum absolute atomic E-state index is 0.125. The van der Waals surface area contributed by atoms with Crippen LogP contribution in [0.25, 0.3) is 0 Å². The normalized spacial score (nSPS) is 9.91. The third-order valence-corrected chi connectivity index (χ3v) is 1.37. The predicted octanol–water partition coefficient (Wildman–Crippen LogP) is 0.586. The van der Waals surface area contributed by atoms with Crippen LogP contribution in [-0.4, -0.2) is 15.3 Å². The van der Waals surface area contributed by atoms with Gasteiger partial charge in [0, 0.05) is 18.2 Å². The third-order valence-electron chi connectivity index (χ3n) is 1.37. The Morgan fingerprint density at radius 1 is 1.00 bits per heavy atom. The van der Waals surface area contributed by atoms with Gasteiger partial charge in [-0.3, -0.25) is 5.73 Å². The van der Waals surface area contributed by atoms with Gasteiger partial charge in [0.05, 0.1) is 0 Å². The zero-order chi connectivity index (χ0) is 8.43. The molecule has 0 heterocycles. The standard InChI is InChI=1S/C7H8NO3/c8-3-4-1-6(10)7(11)2-5(4)9/h1-2,8-11H,3H2. The van der Waals surface area contributed by atoms with Crippen molar-refractivity contribution in [1.82, 2.24) is 5.73 Å². The van der Waals surface area contributed by atoms with Crippen molar-refractivity contribution in [2.24, 2.45) is 0 Å². The molecule has 1 aromatic carbocycles. The Hall–Kier alpha value is -1.42. The Balaban J connectivity index is 3.21. The van der Waals surface area contributed by atoms with Crippen LogP contribution >= 0.6 is 0 Å². The highest BCUT2D eigenvalue weighted by Gasteiger charge is 2.05. The monoisotopic (exact) mass is 154 g/mol. The maximum atomic E-state index is 9.02. The van der Waals surface area contributed by atoms with Gasteiger partial charge in [0.25, 0.3) is 0 Å². The summed E-state index contributed by atoms with van der Waals surface area (Å²) in [5.74, 6) is -0.861. The van der Waals surface area contributed by atoms with E-state index in [1.165, 1.54) is 0 Å². The summed E-state index contributed by atoms with van der Waals surface area (Å²) < 4.78 is 0. The molecule has 0 atom stereocenters. The van der Waals surface area contributed by atoms with Crippen molar-refractivity contribution in [3.8, 4) is 17.2 Å². The predicted molar refractivity (Wildman–Crippen MR) is 38.2 cm³/mol. The Bertz CT molecular complexity index is 273. The van der Waals surface area contributed by atoms with Crippen molar-refractivity contribution >= 4 is 0 Å². The lowest BCUT2D eigenvalue weighted by atomic mass is 10.2. The molecule has 1 aromatic rings. The van der Waals surface area contributed by atoms with Gasteiger partial charge in [-0.15, -0.1) is 0 Å². The summed E-state index contributed by atoms with van der Waals surface area (Å²) in [4.78, 5) is 0. The Morgan fingerprint density at radius 2 is 1.55 bits per heavy atom. The quantitative estimate of drug-likeness (QED) is 0.408. The molecule has 4 nitrogen and oxygen atoms in total. The van der Waals surface area contributed by atoms with Crippen molar-refractivity contribution in [2.45, 2.75) is 6.54 Å². The topological polar surface area (TPSA) is 84.5 Å². The van der Waals surface area contributed by atoms with Gasteiger partial charge in [-0.05, 0) is 6.07 Å². The molecule has 0 spiro atoms. The Kier molecular flexibility index (Phi) is 1.87. The lowest BCUT2D eigenvalue weighted by molar-refractivity contribution is 0.394. The van der Waals surface area contributed by atoms with E-state index in [9.17, 15) is 0 Å². The van der Waals surface area contributed by atoms with E-state index in [2.05, 4.69) is 0 Å². The number of nitrogens with one attached hydrogen (secondary N) is 1. The number of benzene rings is 1. The lowest BCUT2D eigenvalue weighted by Crippen LogP contribution is -1.85. The molecule has 0 aliphatic rings. The fourth-order valence-electron chi connectivity index (χ4n) is 0.751. The zero-order valence-corrected chi connectivity index (χ0v) is 5.70. The fourth-order valence-corrected chi connectivity index (χ4v) is 0.751. The lowest BCUT2D eigenvalue weighted by Gasteiger charge is -2.02. The van der Waals surface area contributed by atoms with Crippen LogP contribution in [0.3, 0.4) is 0 Å². The molecule has 0 fully saturated rings. The van der Waals surface area contributed by atoms with E-state index >= 15 is 0 Å².